The summed E-state index contributed by atoms with van der Waals surface area (Å²) in [5, 5.41) is 12.6. The molecule has 1 aromatic rings. The van der Waals surface area contributed by atoms with E-state index in [1.807, 2.05) is 13.8 Å². The van der Waals surface area contributed by atoms with Gasteiger partial charge in [0.1, 0.15) is 5.54 Å². The molecule has 1 aliphatic rings. The van der Waals surface area contributed by atoms with Crippen LogP contribution in [0.15, 0.2) is 24.3 Å². The average molecular weight is 363 g/mol. The number of amides is 1. The summed E-state index contributed by atoms with van der Waals surface area (Å²) in [6.45, 7) is 3.46. The molecule has 134 valence electrons. The lowest BCUT2D eigenvalue weighted by Gasteiger charge is -2.23. The molecule has 6 heteroatoms. The number of esters is 1. The van der Waals surface area contributed by atoms with Crippen molar-refractivity contribution in [2.24, 2.45) is 5.92 Å². The summed E-state index contributed by atoms with van der Waals surface area (Å²) < 4.78 is 5.22. The van der Waals surface area contributed by atoms with Gasteiger partial charge in [0.2, 0.25) is 0 Å². The van der Waals surface area contributed by atoms with Crippen LogP contribution in [0.1, 0.15) is 51.0 Å². The van der Waals surface area contributed by atoms with Crippen molar-refractivity contribution in [3.63, 3.8) is 0 Å². The Kier molecular flexibility index (Phi) is 6.44. The van der Waals surface area contributed by atoms with E-state index < -0.39 is 23.3 Å². The van der Waals surface area contributed by atoms with Crippen LogP contribution in [0.2, 0.25) is 5.02 Å². The lowest BCUT2D eigenvalue weighted by Crippen LogP contribution is -2.47. The number of benzene rings is 1. The van der Waals surface area contributed by atoms with Crippen LogP contribution in [0.25, 0.3) is 0 Å². The van der Waals surface area contributed by atoms with Gasteiger partial charge in [-0.25, -0.2) is 0 Å². The molecule has 1 N–H and O–H groups in total. The molecule has 0 unspecified atom stereocenters. The van der Waals surface area contributed by atoms with Crippen LogP contribution in [0, 0.1) is 17.2 Å². The number of nitriles is 1. The van der Waals surface area contributed by atoms with Crippen LogP contribution in [-0.2, 0) is 14.3 Å². The van der Waals surface area contributed by atoms with Crippen molar-refractivity contribution in [2.45, 2.75) is 51.0 Å². The number of hydrogen-bond acceptors (Lipinski definition) is 4. The first-order chi connectivity index (χ1) is 11.9. The molecular formula is C19H23ClN2O3. The summed E-state index contributed by atoms with van der Waals surface area (Å²) in [7, 11) is 0. The van der Waals surface area contributed by atoms with Crippen molar-refractivity contribution < 1.29 is 14.3 Å². The largest absolute Gasteiger partial charge is 0.455 e. The first kappa shape index (κ1) is 19.3. The van der Waals surface area contributed by atoms with Gasteiger partial charge in [-0.2, -0.15) is 5.26 Å². The van der Waals surface area contributed by atoms with Gasteiger partial charge in [-0.1, -0.05) is 37.6 Å². The van der Waals surface area contributed by atoms with Gasteiger partial charge in [0.15, 0.2) is 6.61 Å². The first-order valence-electron chi connectivity index (χ1n) is 8.51. The Morgan fingerprint density at radius 1 is 1.28 bits per heavy atom. The lowest BCUT2D eigenvalue weighted by atomic mass is 9.88. The molecule has 1 aromatic carbocycles. The highest BCUT2D eigenvalue weighted by Crippen LogP contribution is 2.29. The zero-order chi connectivity index (χ0) is 18.4. The van der Waals surface area contributed by atoms with E-state index in [0.717, 1.165) is 18.4 Å². The third kappa shape index (κ3) is 4.96. The summed E-state index contributed by atoms with van der Waals surface area (Å²) in [5.74, 6) is -1.35. The number of carbonyl (C=O) groups excluding carboxylic acids is 2. The standard InChI is InChI=1S/C19H23ClN2O3/c1-13(2)17(14-5-7-15(20)8-6-14)18(24)25-11-16(23)22-19(12-21)9-3-4-10-19/h5-8,13,17H,3-4,9-11H2,1-2H3,(H,22,23)/t17-/m1/s1. The minimum atomic E-state index is -0.808. The predicted molar refractivity (Wildman–Crippen MR) is 94.9 cm³/mol. The zero-order valence-corrected chi connectivity index (χ0v) is 15.3. The fourth-order valence-electron chi connectivity index (χ4n) is 3.24. The third-order valence-electron chi connectivity index (χ3n) is 4.55. The van der Waals surface area contributed by atoms with E-state index >= 15 is 0 Å². The van der Waals surface area contributed by atoms with Crippen molar-refractivity contribution in [3.05, 3.63) is 34.9 Å². The maximum atomic E-state index is 12.5. The molecule has 1 saturated carbocycles. The van der Waals surface area contributed by atoms with Crippen LogP contribution < -0.4 is 5.32 Å². The second kappa shape index (κ2) is 8.35. The van der Waals surface area contributed by atoms with Gasteiger partial charge in [0.25, 0.3) is 5.91 Å². The predicted octanol–water partition coefficient (Wildman–Crippen LogP) is 3.58. The molecule has 0 bridgehead atoms. The maximum Gasteiger partial charge on any atom is 0.314 e. The molecular weight excluding hydrogens is 340 g/mol. The Morgan fingerprint density at radius 2 is 1.88 bits per heavy atom. The van der Waals surface area contributed by atoms with Gasteiger partial charge >= 0.3 is 5.97 Å². The van der Waals surface area contributed by atoms with E-state index in [-0.39, 0.29) is 12.5 Å². The highest BCUT2D eigenvalue weighted by atomic mass is 35.5. The number of rotatable bonds is 6. The number of hydrogen-bond donors (Lipinski definition) is 1. The number of carbonyl (C=O) groups is 2. The van der Waals surface area contributed by atoms with Gasteiger partial charge in [0.05, 0.1) is 12.0 Å². The number of ether oxygens (including phenoxy) is 1. The van der Waals surface area contributed by atoms with E-state index in [0.29, 0.717) is 17.9 Å². The highest BCUT2D eigenvalue weighted by Gasteiger charge is 2.35. The first-order valence-corrected chi connectivity index (χ1v) is 8.89. The highest BCUT2D eigenvalue weighted by molar-refractivity contribution is 6.30. The van der Waals surface area contributed by atoms with Crippen molar-refractivity contribution in [1.29, 1.82) is 5.26 Å². The van der Waals surface area contributed by atoms with E-state index in [9.17, 15) is 14.9 Å². The number of halogens is 1. The Hall–Kier alpha value is -2.06. The Bertz CT molecular complexity index is 658. The minimum Gasteiger partial charge on any atom is -0.455 e. The van der Waals surface area contributed by atoms with Gasteiger partial charge in [-0.05, 0) is 49.3 Å². The third-order valence-corrected chi connectivity index (χ3v) is 4.80. The van der Waals surface area contributed by atoms with Gasteiger partial charge in [0, 0.05) is 5.02 Å². The molecule has 5 nitrogen and oxygen atoms in total. The molecule has 1 fully saturated rings. The number of nitrogens with one attached hydrogen (secondary N) is 1. The molecule has 0 heterocycles. The quantitative estimate of drug-likeness (QED) is 0.784. The van der Waals surface area contributed by atoms with Crippen LogP contribution >= 0.6 is 11.6 Å². The normalized spacial score (nSPS) is 16.9. The van der Waals surface area contributed by atoms with Crippen LogP contribution in [0.4, 0.5) is 0 Å². The molecule has 0 radical (unpaired) electrons. The van der Waals surface area contributed by atoms with E-state index in [2.05, 4.69) is 11.4 Å². The van der Waals surface area contributed by atoms with E-state index in [1.165, 1.54) is 0 Å². The molecule has 25 heavy (non-hydrogen) atoms. The summed E-state index contributed by atoms with van der Waals surface area (Å²) in [6, 6.07) is 9.21. The Labute approximate surface area is 153 Å². The van der Waals surface area contributed by atoms with Crippen LogP contribution in [-0.4, -0.2) is 24.0 Å². The molecule has 1 amide bonds. The second-order valence-electron chi connectivity index (χ2n) is 6.83. The molecule has 0 saturated heterocycles. The second-order valence-corrected chi connectivity index (χ2v) is 7.27. The average Bonchev–Trinajstić information content (AvgIpc) is 3.03. The maximum absolute atomic E-state index is 12.5. The molecule has 0 aromatic heterocycles. The SMILES string of the molecule is CC(C)[C@@H](C(=O)OCC(=O)NC1(C#N)CCCC1)c1ccc(Cl)cc1. The summed E-state index contributed by atoms with van der Waals surface area (Å²) in [6.07, 6.45) is 3.12. The van der Waals surface area contributed by atoms with Crippen LogP contribution in [0.3, 0.4) is 0 Å². The zero-order valence-electron chi connectivity index (χ0n) is 14.5. The van der Waals surface area contributed by atoms with E-state index in [1.54, 1.807) is 24.3 Å². The molecule has 1 aliphatic carbocycles. The molecule has 0 spiro atoms. The summed E-state index contributed by atoms with van der Waals surface area (Å²) in [5.41, 5.74) is -0.00832. The van der Waals surface area contributed by atoms with Crippen molar-refractivity contribution in [2.75, 3.05) is 6.61 Å². The monoisotopic (exact) mass is 362 g/mol. The summed E-state index contributed by atoms with van der Waals surface area (Å²) >= 11 is 5.89. The molecule has 2 rings (SSSR count). The fraction of sp³-hybridized carbons (Fsp3) is 0.526. The number of nitrogens with zero attached hydrogens (tertiary/aromatic N) is 1. The van der Waals surface area contributed by atoms with Gasteiger partial charge in [-0.3, -0.25) is 9.59 Å². The minimum absolute atomic E-state index is 0.0111. The smallest absolute Gasteiger partial charge is 0.314 e. The van der Waals surface area contributed by atoms with E-state index in [4.69, 9.17) is 16.3 Å². The lowest BCUT2D eigenvalue weighted by molar-refractivity contribution is -0.151. The Morgan fingerprint density at radius 3 is 2.40 bits per heavy atom. The summed E-state index contributed by atoms with van der Waals surface area (Å²) in [4.78, 5) is 24.5. The Balaban J connectivity index is 1.96. The van der Waals surface area contributed by atoms with Crippen LogP contribution in [0.5, 0.6) is 0 Å². The topological polar surface area (TPSA) is 79.2 Å². The van der Waals surface area contributed by atoms with Gasteiger partial charge in [-0.15, -0.1) is 0 Å². The molecule has 1 atom stereocenters. The molecule has 0 aliphatic heterocycles. The van der Waals surface area contributed by atoms with Gasteiger partial charge < -0.3 is 10.1 Å². The van der Waals surface area contributed by atoms with Crippen molar-refractivity contribution in [1.82, 2.24) is 5.32 Å². The van der Waals surface area contributed by atoms with Crippen molar-refractivity contribution in [3.8, 4) is 6.07 Å². The fourth-order valence-corrected chi connectivity index (χ4v) is 3.36. The van der Waals surface area contributed by atoms with Crippen molar-refractivity contribution >= 4 is 23.5 Å².